The molecule has 1 saturated carbocycles. The lowest BCUT2D eigenvalue weighted by Crippen LogP contribution is -2.12. The molecule has 0 aromatic rings. The van der Waals surface area contributed by atoms with E-state index >= 15 is 0 Å². The summed E-state index contributed by atoms with van der Waals surface area (Å²) in [5.41, 5.74) is 0. The van der Waals surface area contributed by atoms with E-state index in [9.17, 15) is 0 Å². The molecular formula is C7H10IN. The highest BCUT2D eigenvalue weighted by Crippen LogP contribution is 2.28. The van der Waals surface area contributed by atoms with Gasteiger partial charge >= 0.3 is 0 Å². The predicted molar refractivity (Wildman–Crippen MR) is 45.4 cm³/mol. The molecule has 2 heteroatoms. The minimum atomic E-state index is 0.362. The van der Waals surface area contributed by atoms with E-state index in [-0.39, 0.29) is 0 Å². The highest BCUT2D eigenvalue weighted by atomic mass is 127. The van der Waals surface area contributed by atoms with Crippen molar-refractivity contribution >= 4 is 22.6 Å². The van der Waals surface area contributed by atoms with Gasteiger partial charge in [0.2, 0.25) is 0 Å². The molecule has 0 saturated heterocycles. The molecule has 0 N–H and O–H groups in total. The summed E-state index contributed by atoms with van der Waals surface area (Å²) in [5, 5.41) is 8.56. The van der Waals surface area contributed by atoms with Gasteiger partial charge in [-0.2, -0.15) is 5.26 Å². The molecule has 0 aromatic heterocycles. The summed E-state index contributed by atoms with van der Waals surface area (Å²) in [6.07, 6.45) is 4.83. The first-order valence-electron chi connectivity index (χ1n) is 3.36. The minimum absolute atomic E-state index is 0.362. The SMILES string of the molecule is N#CC1CCCC(I)C1. The maximum absolute atomic E-state index is 8.56. The van der Waals surface area contributed by atoms with Gasteiger partial charge in [-0.05, 0) is 19.3 Å². The highest BCUT2D eigenvalue weighted by molar-refractivity contribution is 14.1. The van der Waals surface area contributed by atoms with Gasteiger partial charge in [-0.15, -0.1) is 0 Å². The molecule has 0 heterocycles. The van der Waals surface area contributed by atoms with Gasteiger partial charge in [-0.1, -0.05) is 29.0 Å². The Kier molecular flexibility index (Phi) is 2.77. The van der Waals surface area contributed by atoms with Gasteiger partial charge < -0.3 is 0 Å². The number of hydrogen-bond donors (Lipinski definition) is 0. The smallest absolute Gasteiger partial charge is 0.0656 e. The lowest BCUT2D eigenvalue weighted by atomic mass is 9.91. The molecule has 1 nitrogen and oxygen atoms in total. The number of nitrogens with zero attached hydrogens (tertiary/aromatic N) is 1. The maximum Gasteiger partial charge on any atom is 0.0656 e. The van der Waals surface area contributed by atoms with Crippen LogP contribution in [0, 0.1) is 17.2 Å². The molecule has 1 aliphatic rings. The Morgan fingerprint density at radius 1 is 1.44 bits per heavy atom. The van der Waals surface area contributed by atoms with E-state index < -0.39 is 0 Å². The number of rotatable bonds is 0. The molecule has 0 radical (unpaired) electrons. The number of nitriles is 1. The van der Waals surface area contributed by atoms with E-state index in [1.807, 2.05) is 0 Å². The fourth-order valence-corrected chi connectivity index (χ4v) is 2.30. The molecule has 1 rings (SSSR count). The van der Waals surface area contributed by atoms with Crippen molar-refractivity contribution in [2.75, 3.05) is 0 Å². The standard InChI is InChI=1S/C7H10IN/c8-7-3-1-2-6(4-7)5-9/h6-7H,1-4H2. The molecule has 9 heavy (non-hydrogen) atoms. The van der Waals surface area contributed by atoms with Crippen LogP contribution in [0.25, 0.3) is 0 Å². The normalized spacial score (nSPS) is 35.6. The maximum atomic E-state index is 8.56. The van der Waals surface area contributed by atoms with Crippen molar-refractivity contribution in [3.8, 4) is 6.07 Å². The predicted octanol–water partition coefficient (Wildman–Crippen LogP) is 2.50. The molecule has 0 aromatic carbocycles. The molecule has 0 amide bonds. The Morgan fingerprint density at radius 3 is 2.67 bits per heavy atom. The lowest BCUT2D eigenvalue weighted by molar-refractivity contribution is 0.446. The Labute approximate surface area is 69.6 Å². The summed E-state index contributed by atoms with van der Waals surface area (Å²) < 4.78 is 0.765. The largest absolute Gasteiger partial charge is 0.198 e. The second-order valence-corrected chi connectivity index (χ2v) is 4.35. The number of hydrogen-bond acceptors (Lipinski definition) is 1. The third-order valence-corrected chi connectivity index (χ3v) is 2.92. The summed E-state index contributed by atoms with van der Waals surface area (Å²) in [6.45, 7) is 0. The van der Waals surface area contributed by atoms with Crippen molar-refractivity contribution in [2.24, 2.45) is 5.92 Å². The van der Waals surface area contributed by atoms with Crippen LogP contribution in [0.3, 0.4) is 0 Å². The second-order valence-electron chi connectivity index (χ2n) is 2.59. The van der Waals surface area contributed by atoms with Crippen LogP contribution in [0.1, 0.15) is 25.7 Å². The molecule has 0 bridgehead atoms. The first kappa shape index (κ1) is 7.33. The molecule has 0 aliphatic heterocycles. The third kappa shape index (κ3) is 2.13. The quantitative estimate of drug-likeness (QED) is 0.467. The third-order valence-electron chi connectivity index (χ3n) is 1.79. The van der Waals surface area contributed by atoms with Crippen LogP contribution in [0.15, 0.2) is 0 Å². The van der Waals surface area contributed by atoms with Gasteiger partial charge in [0.05, 0.1) is 6.07 Å². The van der Waals surface area contributed by atoms with Gasteiger partial charge in [-0.25, -0.2) is 0 Å². The van der Waals surface area contributed by atoms with Crippen LogP contribution < -0.4 is 0 Å². The van der Waals surface area contributed by atoms with Gasteiger partial charge in [0.25, 0.3) is 0 Å². The van der Waals surface area contributed by atoms with Crippen molar-refractivity contribution in [1.82, 2.24) is 0 Å². The van der Waals surface area contributed by atoms with Crippen molar-refractivity contribution in [1.29, 1.82) is 5.26 Å². The summed E-state index contributed by atoms with van der Waals surface area (Å²) in [6, 6.07) is 2.33. The lowest BCUT2D eigenvalue weighted by Gasteiger charge is -2.19. The first-order valence-corrected chi connectivity index (χ1v) is 4.61. The van der Waals surface area contributed by atoms with E-state index in [0.717, 1.165) is 16.8 Å². The van der Waals surface area contributed by atoms with E-state index in [4.69, 9.17) is 5.26 Å². The van der Waals surface area contributed by atoms with E-state index in [1.165, 1.54) is 12.8 Å². The van der Waals surface area contributed by atoms with Crippen LogP contribution in [0.2, 0.25) is 0 Å². The van der Waals surface area contributed by atoms with Crippen LogP contribution in [-0.4, -0.2) is 3.92 Å². The first-order chi connectivity index (χ1) is 4.33. The average molecular weight is 235 g/mol. The van der Waals surface area contributed by atoms with Crippen molar-refractivity contribution < 1.29 is 0 Å². The van der Waals surface area contributed by atoms with Crippen molar-refractivity contribution in [3.05, 3.63) is 0 Å². The fraction of sp³-hybridized carbons (Fsp3) is 0.857. The summed E-state index contributed by atoms with van der Waals surface area (Å²) in [4.78, 5) is 0. The zero-order valence-corrected chi connectivity index (χ0v) is 7.47. The number of halogens is 1. The van der Waals surface area contributed by atoms with Gasteiger partial charge in [0, 0.05) is 9.84 Å². The summed E-state index contributed by atoms with van der Waals surface area (Å²) >= 11 is 2.44. The Balaban J connectivity index is 2.34. The molecule has 2 unspecified atom stereocenters. The monoisotopic (exact) mass is 235 g/mol. The van der Waals surface area contributed by atoms with Gasteiger partial charge in [0.1, 0.15) is 0 Å². The van der Waals surface area contributed by atoms with E-state index in [0.29, 0.717) is 5.92 Å². The minimum Gasteiger partial charge on any atom is -0.198 e. The zero-order valence-electron chi connectivity index (χ0n) is 5.31. The molecular weight excluding hydrogens is 225 g/mol. The highest BCUT2D eigenvalue weighted by Gasteiger charge is 2.18. The van der Waals surface area contributed by atoms with Crippen LogP contribution in [0.5, 0.6) is 0 Å². The van der Waals surface area contributed by atoms with E-state index in [1.54, 1.807) is 0 Å². The molecule has 0 spiro atoms. The van der Waals surface area contributed by atoms with Crippen molar-refractivity contribution in [3.63, 3.8) is 0 Å². The van der Waals surface area contributed by atoms with Crippen molar-refractivity contribution in [2.45, 2.75) is 29.6 Å². The molecule has 1 fully saturated rings. The van der Waals surface area contributed by atoms with Crippen LogP contribution >= 0.6 is 22.6 Å². The average Bonchev–Trinajstić information content (AvgIpc) is 1.88. The molecule has 1 aliphatic carbocycles. The Hall–Kier alpha value is 0.220. The molecule has 2 atom stereocenters. The topological polar surface area (TPSA) is 23.8 Å². The van der Waals surface area contributed by atoms with Crippen LogP contribution in [-0.2, 0) is 0 Å². The zero-order chi connectivity index (χ0) is 6.69. The Bertz CT molecular complexity index is 127. The van der Waals surface area contributed by atoms with Gasteiger partial charge in [0.15, 0.2) is 0 Å². The Morgan fingerprint density at radius 2 is 2.22 bits per heavy atom. The van der Waals surface area contributed by atoms with Gasteiger partial charge in [-0.3, -0.25) is 0 Å². The fourth-order valence-electron chi connectivity index (χ4n) is 1.25. The number of alkyl halides is 1. The summed E-state index contributed by atoms with van der Waals surface area (Å²) in [5.74, 6) is 0.362. The molecule has 50 valence electrons. The van der Waals surface area contributed by atoms with E-state index in [2.05, 4.69) is 28.7 Å². The second kappa shape index (κ2) is 3.40. The summed E-state index contributed by atoms with van der Waals surface area (Å²) in [7, 11) is 0. The van der Waals surface area contributed by atoms with Crippen LogP contribution in [0.4, 0.5) is 0 Å².